The van der Waals surface area contributed by atoms with Crippen molar-refractivity contribution in [2.45, 2.75) is 17.1 Å². The summed E-state index contributed by atoms with van der Waals surface area (Å²) in [5.74, 6) is -0.447. The monoisotopic (exact) mass is 332 g/mol. The highest BCUT2D eigenvalue weighted by Crippen LogP contribution is 2.27. The van der Waals surface area contributed by atoms with Crippen molar-refractivity contribution >= 4 is 33.0 Å². The third kappa shape index (κ3) is 3.30. The molecule has 0 saturated carbocycles. The van der Waals surface area contributed by atoms with E-state index in [0.29, 0.717) is 26.3 Å². The molecule has 1 aromatic rings. The minimum atomic E-state index is -3.88. The highest BCUT2D eigenvalue weighted by molar-refractivity contribution is 7.92. The fourth-order valence-electron chi connectivity index (χ4n) is 2.10. The average Bonchev–Trinajstić information content (AvgIpc) is 2.49. The van der Waals surface area contributed by atoms with Gasteiger partial charge in [-0.1, -0.05) is 11.6 Å². The molecule has 21 heavy (non-hydrogen) atoms. The van der Waals surface area contributed by atoms with Crippen LogP contribution in [0.15, 0.2) is 23.1 Å². The Morgan fingerprint density at radius 1 is 1.38 bits per heavy atom. The number of morpholine rings is 1. The number of rotatable bonds is 3. The average molecular weight is 333 g/mol. The number of halogens is 1. The first-order valence-corrected chi connectivity index (χ1v) is 8.42. The number of ether oxygens (including phenoxy) is 1. The van der Waals surface area contributed by atoms with Crippen LogP contribution in [0.3, 0.4) is 0 Å². The quantitative estimate of drug-likeness (QED) is 0.832. The van der Waals surface area contributed by atoms with Gasteiger partial charge in [0.05, 0.1) is 23.1 Å². The van der Waals surface area contributed by atoms with E-state index in [1.807, 2.05) is 0 Å². The number of anilines is 1. The maximum Gasteiger partial charge on any atom is 0.241 e. The standard InChI is InChI=1S/C13H17ClN2O4S/c1-9(13(17)16-4-6-20-7-5-16)21(18,19)12-8-10(15)2-3-11(12)14/h2-3,8-9H,4-7,15H2,1H3. The van der Waals surface area contributed by atoms with Crippen LogP contribution >= 0.6 is 11.6 Å². The van der Waals surface area contributed by atoms with E-state index in [1.165, 1.54) is 30.0 Å². The first kappa shape index (κ1) is 16.1. The third-order valence-corrected chi connectivity index (χ3v) is 5.92. The second kappa shape index (κ2) is 6.21. The third-order valence-electron chi connectivity index (χ3n) is 3.40. The first-order chi connectivity index (χ1) is 9.84. The lowest BCUT2D eigenvalue weighted by Gasteiger charge is -2.29. The Labute approximate surface area is 128 Å². The number of hydrogen-bond acceptors (Lipinski definition) is 5. The summed E-state index contributed by atoms with van der Waals surface area (Å²) in [4.78, 5) is 13.7. The van der Waals surface area contributed by atoms with Crippen LogP contribution in [-0.2, 0) is 19.4 Å². The van der Waals surface area contributed by atoms with Gasteiger partial charge in [-0.25, -0.2) is 8.42 Å². The van der Waals surface area contributed by atoms with Crippen molar-refractivity contribution in [2.75, 3.05) is 32.0 Å². The van der Waals surface area contributed by atoms with Crippen LogP contribution in [0.2, 0.25) is 5.02 Å². The van der Waals surface area contributed by atoms with E-state index in [2.05, 4.69) is 0 Å². The molecule has 1 aliphatic heterocycles. The molecule has 1 unspecified atom stereocenters. The van der Waals surface area contributed by atoms with Gasteiger partial charge < -0.3 is 15.4 Å². The number of hydrogen-bond donors (Lipinski definition) is 1. The molecule has 6 nitrogen and oxygen atoms in total. The van der Waals surface area contributed by atoms with E-state index in [0.717, 1.165) is 0 Å². The molecule has 0 radical (unpaired) electrons. The molecule has 1 fully saturated rings. The molecule has 116 valence electrons. The zero-order chi connectivity index (χ0) is 15.6. The largest absolute Gasteiger partial charge is 0.399 e. The molecule has 1 heterocycles. The number of amides is 1. The minimum absolute atomic E-state index is 0.0610. The van der Waals surface area contributed by atoms with Crippen molar-refractivity contribution in [3.63, 3.8) is 0 Å². The summed E-state index contributed by atoms with van der Waals surface area (Å²) in [5.41, 5.74) is 5.89. The van der Waals surface area contributed by atoms with Gasteiger partial charge in [-0.05, 0) is 25.1 Å². The predicted octanol–water partition coefficient (Wildman–Crippen LogP) is 0.943. The summed E-state index contributed by atoms with van der Waals surface area (Å²) < 4.78 is 30.3. The molecule has 1 amide bonds. The Kier molecular flexibility index (Phi) is 4.75. The van der Waals surface area contributed by atoms with Crippen molar-refractivity contribution in [1.82, 2.24) is 4.90 Å². The van der Waals surface area contributed by atoms with E-state index in [1.54, 1.807) is 0 Å². The van der Waals surface area contributed by atoms with Crippen LogP contribution in [0.5, 0.6) is 0 Å². The van der Waals surface area contributed by atoms with Gasteiger partial charge in [-0.2, -0.15) is 0 Å². The maximum absolute atomic E-state index is 12.6. The summed E-state index contributed by atoms with van der Waals surface area (Å²) >= 11 is 5.94. The summed E-state index contributed by atoms with van der Waals surface area (Å²) in [5, 5.41) is -1.15. The van der Waals surface area contributed by atoms with Crippen LogP contribution in [0, 0.1) is 0 Å². The Morgan fingerprint density at radius 3 is 2.62 bits per heavy atom. The summed E-state index contributed by atoms with van der Waals surface area (Å²) in [6, 6.07) is 4.20. The fourth-order valence-corrected chi connectivity index (χ4v) is 3.98. The van der Waals surface area contributed by atoms with Crippen molar-refractivity contribution in [3.8, 4) is 0 Å². The molecule has 8 heteroatoms. The summed E-state index contributed by atoms with van der Waals surface area (Å²) in [6.07, 6.45) is 0. The second-order valence-electron chi connectivity index (χ2n) is 4.81. The number of nitrogen functional groups attached to an aromatic ring is 1. The summed E-state index contributed by atoms with van der Waals surface area (Å²) in [6.45, 7) is 2.98. The SMILES string of the molecule is CC(C(=O)N1CCOCC1)S(=O)(=O)c1cc(N)ccc1Cl. The number of sulfone groups is 1. The van der Waals surface area contributed by atoms with E-state index in [-0.39, 0.29) is 15.6 Å². The molecule has 1 aliphatic rings. The van der Waals surface area contributed by atoms with Crippen LogP contribution in [0.25, 0.3) is 0 Å². The Bertz CT molecular complexity index is 642. The Balaban J connectivity index is 2.29. The van der Waals surface area contributed by atoms with Gasteiger partial charge in [0.25, 0.3) is 0 Å². The molecule has 0 spiro atoms. The molecule has 1 aromatic carbocycles. The van der Waals surface area contributed by atoms with Gasteiger partial charge in [0, 0.05) is 18.8 Å². The number of carbonyl (C=O) groups excluding carboxylic acids is 1. The zero-order valence-corrected chi connectivity index (χ0v) is 13.2. The van der Waals surface area contributed by atoms with Gasteiger partial charge >= 0.3 is 0 Å². The van der Waals surface area contributed by atoms with Gasteiger partial charge in [0.15, 0.2) is 9.84 Å². The lowest BCUT2D eigenvalue weighted by atomic mass is 10.3. The topological polar surface area (TPSA) is 89.7 Å². The Hall–Kier alpha value is -1.31. The molecular formula is C13H17ClN2O4S. The van der Waals surface area contributed by atoms with Crippen LogP contribution in [0.1, 0.15) is 6.92 Å². The Morgan fingerprint density at radius 2 is 2.00 bits per heavy atom. The highest BCUT2D eigenvalue weighted by atomic mass is 35.5. The lowest BCUT2D eigenvalue weighted by molar-refractivity contribution is -0.134. The maximum atomic E-state index is 12.6. The first-order valence-electron chi connectivity index (χ1n) is 6.49. The smallest absolute Gasteiger partial charge is 0.241 e. The molecular weight excluding hydrogens is 316 g/mol. The number of benzene rings is 1. The summed E-state index contributed by atoms with van der Waals surface area (Å²) in [7, 11) is -3.88. The molecule has 2 rings (SSSR count). The molecule has 1 atom stereocenters. The van der Waals surface area contributed by atoms with Gasteiger partial charge in [-0.15, -0.1) is 0 Å². The lowest BCUT2D eigenvalue weighted by Crippen LogP contribution is -2.47. The van der Waals surface area contributed by atoms with Crippen molar-refractivity contribution in [3.05, 3.63) is 23.2 Å². The molecule has 0 bridgehead atoms. The van der Waals surface area contributed by atoms with E-state index < -0.39 is 21.0 Å². The van der Waals surface area contributed by atoms with Crippen LogP contribution in [0.4, 0.5) is 5.69 Å². The molecule has 1 saturated heterocycles. The van der Waals surface area contributed by atoms with E-state index in [9.17, 15) is 13.2 Å². The van der Waals surface area contributed by atoms with Gasteiger partial charge in [-0.3, -0.25) is 4.79 Å². The molecule has 2 N–H and O–H groups in total. The predicted molar refractivity (Wildman–Crippen MR) is 79.9 cm³/mol. The molecule has 0 aliphatic carbocycles. The van der Waals surface area contributed by atoms with Crippen LogP contribution < -0.4 is 5.73 Å². The highest BCUT2D eigenvalue weighted by Gasteiger charge is 2.34. The number of nitrogens with two attached hydrogens (primary N) is 1. The van der Waals surface area contributed by atoms with Gasteiger partial charge in [0.1, 0.15) is 5.25 Å². The van der Waals surface area contributed by atoms with Crippen molar-refractivity contribution in [2.24, 2.45) is 0 Å². The normalized spacial score (nSPS) is 17.5. The van der Waals surface area contributed by atoms with Crippen molar-refractivity contribution in [1.29, 1.82) is 0 Å². The number of carbonyl (C=O) groups is 1. The minimum Gasteiger partial charge on any atom is -0.399 e. The second-order valence-corrected chi connectivity index (χ2v) is 7.46. The van der Waals surface area contributed by atoms with Crippen molar-refractivity contribution < 1.29 is 17.9 Å². The fraction of sp³-hybridized carbons (Fsp3) is 0.462. The molecule has 0 aromatic heterocycles. The zero-order valence-electron chi connectivity index (χ0n) is 11.6. The van der Waals surface area contributed by atoms with Crippen LogP contribution in [-0.4, -0.2) is 50.8 Å². The van der Waals surface area contributed by atoms with E-state index >= 15 is 0 Å². The number of nitrogens with zero attached hydrogens (tertiary/aromatic N) is 1. The van der Waals surface area contributed by atoms with E-state index in [4.69, 9.17) is 22.1 Å². The van der Waals surface area contributed by atoms with Gasteiger partial charge in [0.2, 0.25) is 5.91 Å².